The van der Waals surface area contributed by atoms with Crippen LogP contribution < -0.4 is 10.6 Å². The fourth-order valence-electron chi connectivity index (χ4n) is 3.70. The van der Waals surface area contributed by atoms with Crippen molar-refractivity contribution in [2.75, 3.05) is 32.7 Å². The summed E-state index contributed by atoms with van der Waals surface area (Å²) in [5, 5.41) is 16.9. The van der Waals surface area contributed by atoms with Crippen molar-refractivity contribution in [1.82, 2.24) is 15.5 Å². The third kappa shape index (κ3) is 4.69. The number of benzene rings is 1. The van der Waals surface area contributed by atoms with Crippen LogP contribution in [0.25, 0.3) is 0 Å². The lowest BCUT2D eigenvalue weighted by Crippen LogP contribution is -2.47. The third-order valence-corrected chi connectivity index (χ3v) is 5.64. The van der Waals surface area contributed by atoms with Crippen molar-refractivity contribution < 1.29 is 14.5 Å². The van der Waals surface area contributed by atoms with E-state index in [4.69, 9.17) is 11.6 Å². The average molecular weight is 417 g/mol. The number of hydrogen-bond donors (Lipinski definition) is 2. The molecule has 2 N–H and O–H groups in total. The first kappa shape index (κ1) is 21.4. The van der Waals surface area contributed by atoms with Crippen LogP contribution in [0.1, 0.15) is 29.6 Å². The molecule has 3 rings (SSSR count). The van der Waals surface area contributed by atoms with E-state index in [0.717, 1.165) is 32.4 Å². The molecule has 2 fully saturated rings. The summed E-state index contributed by atoms with van der Waals surface area (Å²) in [7, 11) is 0. The van der Waals surface area contributed by atoms with Gasteiger partial charge in [0.05, 0.1) is 16.5 Å². The van der Waals surface area contributed by atoms with Crippen LogP contribution in [0.5, 0.6) is 0 Å². The lowest BCUT2D eigenvalue weighted by molar-refractivity contribution is -0.385. The van der Waals surface area contributed by atoms with Gasteiger partial charge in [-0.2, -0.15) is 0 Å². The monoisotopic (exact) mass is 416 g/mol. The van der Waals surface area contributed by atoms with Gasteiger partial charge in [-0.3, -0.25) is 19.7 Å². The van der Waals surface area contributed by atoms with Gasteiger partial charge in [0.1, 0.15) is 5.56 Å². The van der Waals surface area contributed by atoms with E-state index in [-0.39, 0.29) is 41.1 Å². The number of carbonyl (C=O) groups excluding carboxylic acids is 2. The molecule has 148 valence electrons. The zero-order valence-corrected chi connectivity index (χ0v) is 16.3. The van der Waals surface area contributed by atoms with Gasteiger partial charge in [0.25, 0.3) is 11.6 Å². The van der Waals surface area contributed by atoms with Crippen LogP contribution >= 0.6 is 24.0 Å². The van der Waals surface area contributed by atoms with Crippen molar-refractivity contribution in [2.24, 2.45) is 5.41 Å². The molecule has 0 aliphatic carbocycles. The number of likely N-dealkylation sites (tertiary alicyclic amines) is 1. The van der Waals surface area contributed by atoms with Gasteiger partial charge >= 0.3 is 0 Å². The second-order valence-corrected chi connectivity index (χ2v) is 7.29. The minimum Gasteiger partial charge on any atom is -0.343 e. The zero-order valence-electron chi connectivity index (χ0n) is 14.7. The number of carbonyl (C=O) groups is 2. The first-order chi connectivity index (χ1) is 12.4. The van der Waals surface area contributed by atoms with Crippen LogP contribution in [0.3, 0.4) is 0 Å². The zero-order chi connectivity index (χ0) is 18.7. The molecule has 0 bridgehead atoms. The molecule has 2 saturated heterocycles. The molecule has 1 aromatic rings. The maximum atomic E-state index is 12.4. The molecular formula is C17H22Cl2N4O4. The van der Waals surface area contributed by atoms with Crippen LogP contribution in [0.4, 0.5) is 5.69 Å². The molecule has 0 saturated carbocycles. The van der Waals surface area contributed by atoms with Crippen LogP contribution in [-0.4, -0.2) is 54.4 Å². The van der Waals surface area contributed by atoms with Crippen molar-refractivity contribution in [3.05, 3.63) is 38.9 Å². The summed E-state index contributed by atoms with van der Waals surface area (Å²) in [5.41, 5.74) is -0.296. The van der Waals surface area contributed by atoms with E-state index in [2.05, 4.69) is 10.6 Å². The van der Waals surface area contributed by atoms with Gasteiger partial charge in [-0.1, -0.05) is 17.7 Å². The summed E-state index contributed by atoms with van der Waals surface area (Å²) < 4.78 is 0. The Kier molecular flexibility index (Phi) is 7.02. The minimum absolute atomic E-state index is 0. The van der Waals surface area contributed by atoms with Gasteiger partial charge in [-0.25, -0.2) is 0 Å². The van der Waals surface area contributed by atoms with Crippen molar-refractivity contribution in [1.29, 1.82) is 0 Å². The van der Waals surface area contributed by atoms with E-state index in [1.807, 2.05) is 0 Å². The number of nitro groups is 1. The standard InChI is InChI=1S/C17H21ClN4O4.ClH/c18-12-2-1-3-13(22(25)26)15(12)16(24)20-10-14(23)21-8-5-17(6-9-21)4-7-19-11-17;/h1-3,19H,4-11H2,(H,20,24);1H. The summed E-state index contributed by atoms with van der Waals surface area (Å²) in [6, 6.07) is 4.02. The number of amides is 2. The molecule has 27 heavy (non-hydrogen) atoms. The van der Waals surface area contributed by atoms with E-state index in [9.17, 15) is 19.7 Å². The van der Waals surface area contributed by atoms with Crippen molar-refractivity contribution in [3.63, 3.8) is 0 Å². The van der Waals surface area contributed by atoms with Crippen LogP contribution in [-0.2, 0) is 4.79 Å². The van der Waals surface area contributed by atoms with Gasteiger partial charge in [0, 0.05) is 25.7 Å². The molecule has 1 aromatic carbocycles. The van der Waals surface area contributed by atoms with E-state index in [0.29, 0.717) is 18.5 Å². The predicted octanol–water partition coefficient (Wildman–Crippen LogP) is 2.00. The largest absolute Gasteiger partial charge is 0.343 e. The van der Waals surface area contributed by atoms with Crippen LogP contribution in [0.2, 0.25) is 5.02 Å². The van der Waals surface area contributed by atoms with Crippen LogP contribution in [0, 0.1) is 15.5 Å². The van der Waals surface area contributed by atoms with Gasteiger partial charge in [-0.15, -0.1) is 12.4 Å². The Labute approximate surface area is 168 Å². The SMILES string of the molecule is Cl.O=C(NCC(=O)N1CCC2(CCNC2)CC1)c1c(Cl)cccc1[N+](=O)[O-]. The van der Waals surface area contributed by atoms with E-state index >= 15 is 0 Å². The lowest BCUT2D eigenvalue weighted by atomic mass is 9.78. The van der Waals surface area contributed by atoms with E-state index < -0.39 is 10.8 Å². The number of halogens is 2. The maximum Gasteiger partial charge on any atom is 0.283 e. The smallest absolute Gasteiger partial charge is 0.283 e. The predicted molar refractivity (Wildman–Crippen MR) is 103 cm³/mol. The molecule has 2 aliphatic heterocycles. The highest BCUT2D eigenvalue weighted by Crippen LogP contribution is 2.36. The highest BCUT2D eigenvalue weighted by Gasteiger charge is 2.38. The number of nitrogens with one attached hydrogen (secondary N) is 2. The normalized spacial score (nSPS) is 18.0. The number of rotatable bonds is 4. The average Bonchev–Trinajstić information content (AvgIpc) is 3.07. The molecule has 2 aliphatic rings. The van der Waals surface area contributed by atoms with Crippen molar-refractivity contribution >= 4 is 41.5 Å². The minimum atomic E-state index is -0.718. The number of nitro benzene ring substituents is 1. The molecule has 0 radical (unpaired) electrons. The number of hydrogen-bond acceptors (Lipinski definition) is 5. The molecule has 8 nitrogen and oxygen atoms in total. The van der Waals surface area contributed by atoms with Crippen molar-refractivity contribution in [3.8, 4) is 0 Å². The topological polar surface area (TPSA) is 105 Å². The molecule has 0 unspecified atom stereocenters. The summed E-state index contributed by atoms with van der Waals surface area (Å²) >= 11 is 5.94. The Morgan fingerprint density at radius 2 is 2.00 bits per heavy atom. The van der Waals surface area contributed by atoms with Crippen molar-refractivity contribution in [2.45, 2.75) is 19.3 Å². The summed E-state index contributed by atoms with van der Waals surface area (Å²) in [4.78, 5) is 36.8. The van der Waals surface area contributed by atoms with E-state index in [1.54, 1.807) is 4.90 Å². The van der Waals surface area contributed by atoms with Gasteiger partial charge in [0.15, 0.2) is 0 Å². The van der Waals surface area contributed by atoms with E-state index in [1.165, 1.54) is 18.2 Å². The molecule has 0 aromatic heterocycles. The molecule has 2 heterocycles. The van der Waals surface area contributed by atoms with Gasteiger partial charge < -0.3 is 15.5 Å². The van der Waals surface area contributed by atoms with Gasteiger partial charge in [0.2, 0.25) is 5.91 Å². The summed E-state index contributed by atoms with van der Waals surface area (Å²) in [6.07, 6.45) is 3.05. The van der Waals surface area contributed by atoms with Crippen LogP contribution in [0.15, 0.2) is 18.2 Å². The summed E-state index contributed by atoms with van der Waals surface area (Å²) in [5.74, 6) is -0.905. The lowest BCUT2D eigenvalue weighted by Gasteiger charge is -2.38. The highest BCUT2D eigenvalue weighted by atomic mass is 35.5. The third-order valence-electron chi connectivity index (χ3n) is 5.32. The second kappa shape index (κ2) is 8.86. The quantitative estimate of drug-likeness (QED) is 0.576. The molecule has 0 atom stereocenters. The first-order valence-electron chi connectivity index (χ1n) is 8.61. The fourth-order valence-corrected chi connectivity index (χ4v) is 3.95. The molecule has 1 spiro atoms. The molecule has 10 heteroatoms. The highest BCUT2D eigenvalue weighted by molar-refractivity contribution is 6.34. The number of nitrogens with zero attached hydrogens (tertiary/aromatic N) is 2. The Morgan fingerprint density at radius 1 is 1.30 bits per heavy atom. The Hall–Kier alpha value is -1.90. The fraction of sp³-hybridized carbons (Fsp3) is 0.529. The molecular weight excluding hydrogens is 395 g/mol. The first-order valence-corrected chi connectivity index (χ1v) is 8.99. The Morgan fingerprint density at radius 3 is 2.59 bits per heavy atom. The summed E-state index contributed by atoms with van der Waals surface area (Å²) in [6.45, 7) is 3.17. The second-order valence-electron chi connectivity index (χ2n) is 6.88. The van der Waals surface area contributed by atoms with Gasteiger partial charge in [-0.05, 0) is 37.3 Å². The number of piperidine rings is 1. The Balaban J connectivity index is 0.00000261. The molecule has 2 amide bonds. The maximum absolute atomic E-state index is 12.4. The Bertz CT molecular complexity index is 728.